The third-order valence-electron chi connectivity index (χ3n) is 6.44. The van der Waals surface area contributed by atoms with E-state index in [1.807, 2.05) is 0 Å². The Morgan fingerprint density at radius 1 is 0.976 bits per heavy atom. The Hall–Kier alpha value is -3.61. The number of hydrogen-bond acceptors (Lipinski definition) is 7. The van der Waals surface area contributed by atoms with E-state index < -0.39 is 39.8 Å². The molecule has 1 N–H and O–H groups in total. The summed E-state index contributed by atoms with van der Waals surface area (Å²) < 4.78 is 87.2. The highest BCUT2D eigenvalue weighted by Gasteiger charge is 2.42. The number of alkyl halides is 3. The minimum atomic E-state index is -4.65. The van der Waals surface area contributed by atoms with Crippen molar-refractivity contribution in [2.24, 2.45) is 0 Å². The van der Waals surface area contributed by atoms with Crippen LogP contribution >= 0.6 is 0 Å². The van der Waals surface area contributed by atoms with E-state index in [1.54, 1.807) is 36.4 Å². The number of halogens is 3. The lowest BCUT2D eigenvalue weighted by Crippen LogP contribution is -2.49. The van der Waals surface area contributed by atoms with E-state index in [0.29, 0.717) is 29.0 Å². The minimum Gasteiger partial charge on any atom is -0.494 e. The van der Waals surface area contributed by atoms with E-state index in [2.05, 4.69) is 0 Å². The molecule has 0 radical (unpaired) electrons. The lowest BCUT2D eigenvalue weighted by molar-refractivity contribution is -0.220. The van der Waals surface area contributed by atoms with Gasteiger partial charge in [0, 0.05) is 11.8 Å². The fourth-order valence-corrected chi connectivity index (χ4v) is 5.02. The molecule has 41 heavy (non-hydrogen) atoms. The average molecular weight is 595 g/mol. The van der Waals surface area contributed by atoms with Gasteiger partial charge in [-0.1, -0.05) is 42.5 Å². The summed E-state index contributed by atoms with van der Waals surface area (Å²) in [6.07, 6.45) is -3.22. The Morgan fingerprint density at radius 2 is 1.61 bits per heavy atom. The van der Waals surface area contributed by atoms with Gasteiger partial charge in [0.25, 0.3) is 0 Å². The molecule has 1 aliphatic rings. The molecule has 3 aromatic rings. The van der Waals surface area contributed by atoms with Crippen molar-refractivity contribution >= 4 is 15.8 Å². The molecule has 8 nitrogen and oxygen atoms in total. The second kappa shape index (κ2) is 12.5. The van der Waals surface area contributed by atoms with E-state index in [-0.39, 0.29) is 43.3 Å². The minimum absolute atomic E-state index is 0.0138. The molecule has 220 valence electrons. The number of ether oxygens (including phenoxy) is 4. The predicted octanol–water partition coefficient (Wildman–Crippen LogP) is 5.09. The number of carboxylic acid groups (broad SMARTS) is 1. The molecular weight excluding hydrogens is 565 g/mol. The summed E-state index contributed by atoms with van der Waals surface area (Å²) in [6, 6.07) is 16.9. The number of sulfone groups is 1. The molecule has 0 aromatic heterocycles. The first-order valence-electron chi connectivity index (χ1n) is 12.6. The molecular formula is C29H29F3O8S. The molecule has 1 fully saturated rings. The molecule has 0 saturated carbocycles. The third kappa shape index (κ3) is 7.99. The lowest BCUT2D eigenvalue weighted by Gasteiger charge is -2.41. The van der Waals surface area contributed by atoms with Gasteiger partial charge in [-0.15, -0.1) is 0 Å². The van der Waals surface area contributed by atoms with Gasteiger partial charge in [-0.25, -0.2) is 13.2 Å². The summed E-state index contributed by atoms with van der Waals surface area (Å²) in [4.78, 5) is 10.9. The molecule has 0 bridgehead atoms. The average Bonchev–Trinajstić information content (AvgIpc) is 2.89. The highest BCUT2D eigenvalue weighted by molar-refractivity contribution is 7.90. The number of benzene rings is 3. The summed E-state index contributed by atoms with van der Waals surface area (Å²) >= 11 is 0. The van der Waals surface area contributed by atoms with Crippen LogP contribution in [0.3, 0.4) is 0 Å². The van der Waals surface area contributed by atoms with Gasteiger partial charge in [0.15, 0.2) is 0 Å². The van der Waals surface area contributed by atoms with Crippen LogP contribution in [0.2, 0.25) is 0 Å². The van der Waals surface area contributed by atoms with Crippen molar-refractivity contribution in [3.8, 4) is 22.6 Å². The van der Waals surface area contributed by atoms with Gasteiger partial charge in [-0.05, 0) is 47.4 Å². The van der Waals surface area contributed by atoms with Crippen molar-refractivity contribution in [2.45, 2.75) is 24.8 Å². The number of carbonyl (C=O) groups is 1. The zero-order valence-electron chi connectivity index (χ0n) is 22.1. The van der Waals surface area contributed by atoms with Gasteiger partial charge in [-0.2, -0.15) is 13.2 Å². The fourth-order valence-electron chi connectivity index (χ4n) is 4.37. The first-order valence-corrected chi connectivity index (χ1v) is 14.7. The summed E-state index contributed by atoms with van der Waals surface area (Å²) in [5, 5.41) is 8.92. The molecule has 1 saturated heterocycles. The summed E-state index contributed by atoms with van der Waals surface area (Å²) in [5.41, 5.74) is -0.745. The second-order valence-corrected chi connectivity index (χ2v) is 11.9. The van der Waals surface area contributed by atoms with E-state index in [4.69, 9.17) is 24.1 Å². The number of hydrogen-bond donors (Lipinski definition) is 1. The zero-order chi connectivity index (χ0) is 29.7. The van der Waals surface area contributed by atoms with Crippen molar-refractivity contribution in [1.82, 2.24) is 0 Å². The smallest absolute Gasteiger partial charge is 0.417 e. The Morgan fingerprint density at radius 3 is 2.17 bits per heavy atom. The monoisotopic (exact) mass is 594 g/mol. The van der Waals surface area contributed by atoms with Gasteiger partial charge >= 0.3 is 12.1 Å². The summed E-state index contributed by atoms with van der Waals surface area (Å²) in [5.74, 6) is -0.374. The van der Waals surface area contributed by atoms with Crippen LogP contribution in [0.15, 0.2) is 66.7 Å². The molecule has 0 spiro atoms. The van der Waals surface area contributed by atoms with Crippen LogP contribution in [0.1, 0.15) is 23.1 Å². The van der Waals surface area contributed by atoms with Crippen LogP contribution in [0, 0.1) is 0 Å². The highest BCUT2D eigenvalue weighted by atomic mass is 32.2. The number of carboxylic acids is 1. The van der Waals surface area contributed by atoms with Gasteiger partial charge in [0.2, 0.25) is 0 Å². The van der Waals surface area contributed by atoms with E-state index in [1.165, 1.54) is 30.3 Å². The normalized spacial score (nSPS) is 14.7. The van der Waals surface area contributed by atoms with Gasteiger partial charge < -0.3 is 24.1 Å². The largest absolute Gasteiger partial charge is 0.494 e. The Balaban J connectivity index is 1.47. The maximum absolute atomic E-state index is 14.3. The predicted molar refractivity (Wildman–Crippen MR) is 144 cm³/mol. The van der Waals surface area contributed by atoms with Crippen LogP contribution < -0.4 is 9.47 Å². The quantitative estimate of drug-likeness (QED) is 0.273. The maximum Gasteiger partial charge on any atom is 0.417 e. The lowest BCUT2D eigenvalue weighted by atomic mass is 9.91. The van der Waals surface area contributed by atoms with Crippen molar-refractivity contribution in [3.63, 3.8) is 0 Å². The molecule has 0 aliphatic carbocycles. The van der Waals surface area contributed by atoms with Crippen LogP contribution in [-0.4, -0.2) is 57.9 Å². The molecule has 0 amide bonds. The van der Waals surface area contributed by atoms with Crippen molar-refractivity contribution in [2.75, 3.05) is 38.4 Å². The molecule has 1 aliphatic heterocycles. The highest BCUT2D eigenvalue weighted by Crippen LogP contribution is 2.40. The van der Waals surface area contributed by atoms with Crippen LogP contribution in [0.4, 0.5) is 13.2 Å². The van der Waals surface area contributed by atoms with Gasteiger partial charge in [0.1, 0.15) is 40.2 Å². The third-order valence-corrected chi connectivity index (χ3v) is 7.48. The summed E-state index contributed by atoms with van der Waals surface area (Å²) in [7, 11) is -3.10. The second-order valence-electron chi connectivity index (χ2n) is 9.68. The SMILES string of the molecule is CS(=O)(=O)CCCOc1ccc(-c2cccc(COc3ccc(C4(OCC(=O)O)COC4)cc3)c2C(F)(F)F)cc1. The Labute approximate surface area is 235 Å². The van der Waals surface area contributed by atoms with E-state index in [0.717, 1.165) is 6.26 Å². The van der Waals surface area contributed by atoms with Gasteiger partial charge in [0.05, 0.1) is 31.1 Å². The first-order chi connectivity index (χ1) is 19.4. The van der Waals surface area contributed by atoms with Crippen LogP contribution in [-0.2, 0) is 42.5 Å². The molecule has 3 aromatic carbocycles. The summed E-state index contributed by atoms with van der Waals surface area (Å²) in [6.45, 7) is -0.276. The number of aliphatic carboxylic acids is 1. The molecule has 0 unspecified atom stereocenters. The van der Waals surface area contributed by atoms with Crippen molar-refractivity contribution in [3.05, 3.63) is 83.4 Å². The molecule has 12 heteroatoms. The van der Waals surface area contributed by atoms with Crippen molar-refractivity contribution < 1.29 is 50.4 Å². The van der Waals surface area contributed by atoms with Gasteiger partial charge in [-0.3, -0.25) is 0 Å². The first kappa shape index (κ1) is 30.4. The van der Waals surface area contributed by atoms with E-state index in [9.17, 15) is 26.4 Å². The molecule has 1 heterocycles. The Bertz CT molecular complexity index is 1450. The molecule has 4 rings (SSSR count). The number of rotatable bonds is 13. The van der Waals surface area contributed by atoms with E-state index >= 15 is 0 Å². The Kier molecular flexibility index (Phi) is 9.25. The van der Waals surface area contributed by atoms with Crippen LogP contribution in [0.5, 0.6) is 11.5 Å². The van der Waals surface area contributed by atoms with Crippen molar-refractivity contribution in [1.29, 1.82) is 0 Å². The zero-order valence-corrected chi connectivity index (χ0v) is 23.0. The maximum atomic E-state index is 14.3. The van der Waals surface area contributed by atoms with Crippen LogP contribution in [0.25, 0.3) is 11.1 Å². The molecule has 0 atom stereocenters. The standard InChI is InChI=1S/C29H29F3O8S/c1-41(35,36)15-3-14-38-23-10-6-20(7-11-23)25-5-2-4-21(27(25)29(30,31)32)16-39-24-12-8-22(9-13-24)28(18-37-19-28)40-17-26(33)34/h2,4-13H,3,14-19H2,1H3,(H,33,34). The topological polar surface area (TPSA) is 108 Å². The fraction of sp³-hybridized carbons (Fsp3) is 0.345.